The summed E-state index contributed by atoms with van der Waals surface area (Å²) in [5.74, 6) is -2.66. The number of nitro groups is 1. The molecule has 2 heterocycles. The minimum atomic E-state index is -1.14. The second kappa shape index (κ2) is 7.09. The van der Waals surface area contributed by atoms with Crippen molar-refractivity contribution in [3.63, 3.8) is 0 Å². The van der Waals surface area contributed by atoms with E-state index in [1.165, 1.54) is 22.2 Å². The van der Waals surface area contributed by atoms with Crippen LogP contribution in [0.15, 0.2) is 17.9 Å². The van der Waals surface area contributed by atoms with Crippen LogP contribution in [0.5, 0.6) is 0 Å². The number of esters is 1. The van der Waals surface area contributed by atoms with Gasteiger partial charge in [0.25, 0.3) is 0 Å². The molecule has 0 aromatic carbocycles. The molecule has 0 aliphatic rings. The van der Waals surface area contributed by atoms with Gasteiger partial charge in [0.05, 0.1) is 13.2 Å². The Balaban J connectivity index is 2.21. The zero-order valence-corrected chi connectivity index (χ0v) is 13.3. The van der Waals surface area contributed by atoms with Gasteiger partial charge in [0.1, 0.15) is 11.2 Å². The summed E-state index contributed by atoms with van der Waals surface area (Å²) in [6, 6.07) is 0. The average molecular weight is 338 g/mol. The lowest BCUT2D eigenvalue weighted by atomic mass is 10.1. The molecule has 10 heteroatoms. The minimum Gasteiger partial charge on any atom is -0.465 e. The molecule has 0 N–H and O–H groups in total. The van der Waals surface area contributed by atoms with Crippen molar-refractivity contribution >= 4 is 28.9 Å². The monoisotopic (exact) mass is 338 g/mol. The van der Waals surface area contributed by atoms with Crippen molar-refractivity contribution in [2.45, 2.75) is 26.3 Å². The van der Waals surface area contributed by atoms with Gasteiger partial charge in [0, 0.05) is 11.1 Å². The summed E-state index contributed by atoms with van der Waals surface area (Å²) < 4.78 is 6.20. The zero-order chi connectivity index (χ0) is 17.0. The molecule has 0 bridgehead atoms. The summed E-state index contributed by atoms with van der Waals surface area (Å²) >= 11 is 1.19. The number of imidazole rings is 1. The van der Waals surface area contributed by atoms with E-state index in [0.717, 1.165) is 6.20 Å². The first-order valence-electron chi connectivity index (χ1n) is 6.70. The lowest BCUT2D eigenvalue weighted by molar-refractivity contribution is -0.389. The molecule has 2 aromatic rings. The smallest absolute Gasteiger partial charge is 0.381 e. The minimum absolute atomic E-state index is 0.142. The SMILES string of the molecule is CCOC(=O)C(C(=O)Cn1cnc([N+](=O)[O-])c1)c1nc(C)cs1. The number of carbonyl (C=O) groups is 2. The molecule has 0 amide bonds. The Hall–Kier alpha value is -2.62. The highest BCUT2D eigenvalue weighted by Gasteiger charge is 2.32. The van der Waals surface area contributed by atoms with Crippen molar-refractivity contribution in [3.8, 4) is 0 Å². The fourth-order valence-electron chi connectivity index (χ4n) is 1.90. The molecule has 1 atom stereocenters. The molecule has 0 spiro atoms. The van der Waals surface area contributed by atoms with Gasteiger partial charge in [0.15, 0.2) is 11.7 Å². The molecule has 23 heavy (non-hydrogen) atoms. The maximum absolute atomic E-state index is 12.5. The van der Waals surface area contributed by atoms with Crippen molar-refractivity contribution in [1.29, 1.82) is 0 Å². The van der Waals surface area contributed by atoms with E-state index < -0.39 is 22.6 Å². The van der Waals surface area contributed by atoms with E-state index in [1.54, 1.807) is 19.2 Å². The fraction of sp³-hybridized carbons (Fsp3) is 0.385. The van der Waals surface area contributed by atoms with Gasteiger partial charge in [-0.3, -0.25) is 9.59 Å². The number of Topliss-reactive ketones (excluding diaryl/α,β-unsaturated/α-hetero) is 1. The lowest BCUT2D eigenvalue weighted by Crippen LogP contribution is -2.27. The molecule has 0 aliphatic carbocycles. The molecule has 0 saturated carbocycles. The van der Waals surface area contributed by atoms with Gasteiger partial charge in [-0.2, -0.15) is 0 Å². The summed E-state index contributed by atoms with van der Waals surface area (Å²) in [5.41, 5.74) is 0.699. The van der Waals surface area contributed by atoms with Crippen molar-refractivity contribution in [2.75, 3.05) is 6.61 Å². The van der Waals surface area contributed by atoms with E-state index >= 15 is 0 Å². The van der Waals surface area contributed by atoms with E-state index in [4.69, 9.17) is 4.74 Å². The topological polar surface area (TPSA) is 117 Å². The number of ether oxygens (including phenoxy) is 1. The van der Waals surface area contributed by atoms with Crippen molar-refractivity contribution in [2.24, 2.45) is 0 Å². The van der Waals surface area contributed by atoms with Crippen molar-refractivity contribution in [3.05, 3.63) is 38.7 Å². The molecule has 9 nitrogen and oxygen atoms in total. The predicted molar refractivity (Wildman–Crippen MR) is 80.1 cm³/mol. The Morgan fingerprint density at radius 1 is 1.52 bits per heavy atom. The first-order chi connectivity index (χ1) is 10.9. The molecule has 2 aromatic heterocycles. The zero-order valence-electron chi connectivity index (χ0n) is 12.5. The molecule has 0 saturated heterocycles. The highest BCUT2D eigenvalue weighted by atomic mass is 32.1. The number of hydrogen-bond acceptors (Lipinski definition) is 8. The van der Waals surface area contributed by atoms with Gasteiger partial charge in [-0.1, -0.05) is 0 Å². The number of aromatic nitrogens is 3. The van der Waals surface area contributed by atoms with Gasteiger partial charge in [0.2, 0.25) is 6.33 Å². The third kappa shape index (κ3) is 3.97. The molecular formula is C13H14N4O5S. The number of aryl methyl sites for hydroxylation is 1. The number of rotatable bonds is 7. The van der Waals surface area contributed by atoms with Crippen LogP contribution in [0.4, 0.5) is 5.82 Å². The first-order valence-corrected chi connectivity index (χ1v) is 7.57. The van der Waals surface area contributed by atoms with Crippen LogP contribution in [0.1, 0.15) is 23.5 Å². The number of ketones is 1. The van der Waals surface area contributed by atoms with Crippen LogP contribution < -0.4 is 0 Å². The van der Waals surface area contributed by atoms with Gasteiger partial charge in [-0.25, -0.2) is 4.98 Å². The van der Waals surface area contributed by atoms with Gasteiger partial charge < -0.3 is 19.4 Å². The van der Waals surface area contributed by atoms with Gasteiger partial charge in [-0.05, 0) is 23.8 Å². The number of carbonyl (C=O) groups excluding carboxylic acids is 2. The van der Waals surface area contributed by atoms with Crippen LogP contribution in [-0.2, 0) is 20.9 Å². The van der Waals surface area contributed by atoms with E-state index in [2.05, 4.69) is 9.97 Å². The van der Waals surface area contributed by atoms with Crippen LogP contribution in [0.2, 0.25) is 0 Å². The average Bonchev–Trinajstić information content (AvgIpc) is 3.09. The summed E-state index contributed by atoms with van der Waals surface area (Å²) in [4.78, 5) is 42.3. The molecule has 2 rings (SSSR count). The molecule has 122 valence electrons. The Labute approximate surface area is 135 Å². The van der Waals surface area contributed by atoms with E-state index in [0.29, 0.717) is 10.7 Å². The first kappa shape index (κ1) is 16.7. The third-order valence-corrected chi connectivity index (χ3v) is 3.90. The highest BCUT2D eigenvalue weighted by Crippen LogP contribution is 2.23. The highest BCUT2D eigenvalue weighted by molar-refractivity contribution is 7.10. The van der Waals surface area contributed by atoms with Crippen molar-refractivity contribution in [1.82, 2.24) is 14.5 Å². The predicted octanol–water partition coefficient (Wildman–Crippen LogP) is 1.47. The van der Waals surface area contributed by atoms with Crippen LogP contribution in [0, 0.1) is 17.0 Å². The van der Waals surface area contributed by atoms with Gasteiger partial charge in [-0.15, -0.1) is 11.3 Å². The van der Waals surface area contributed by atoms with Crippen LogP contribution in [0.3, 0.4) is 0 Å². The molecule has 0 aliphatic heterocycles. The quantitative estimate of drug-likeness (QED) is 0.325. The Morgan fingerprint density at radius 3 is 2.78 bits per heavy atom. The maximum atomic E-state index is 12.5. The molecule has 0 fully saturated rings. The second-order valence-corrected chi connectivity index (χ2v) is 5.53. The largest absolute Gasteiger partial charge is 0.465 e. The Kier molecular flexibility index (Phi) is 5.16. The fourth-order valence-corrected chi connectivity index (χ4v) is 2.81. The number of hydrogen-bond donors (Lipinski definition) is 0. The Morgan fingerprint density at radius 2 is 2.26 bits per heavy atom. The summed E-state index contributed by atoms with van der Waals surface area (Å²) in [6.45, 7) is 3.31. The molecular weight excluding hydrogens is 324 g/mol. The number of nitrogens with zero attached hydrogens (tertiary/aromatic N) is 4. The summed E-state index contributed by atoms with van der Waals surface area (Å²) in [7, 11) is 0. The summed E-state index contributed by atoms with van der Waals surface area (Å²) in [5, 5.41) is 12.7. The van der Waals surface area contributed by atoms with Crippen LogP contribution in [0.25, 0.3) is 0 Å². The van der Waals surface area contributed by atoms with Gasteiger partial charge >= 0.3 is 11.8 Å². The standard InChI is InChI=1S/C13H14N4O5S/c1-3-22-13(19)11(12-15-8(2)6-23-12)9(18)4-16-5-10(14-7-16)17(20)21/h5-7,11H,3-4H2,1-2H3. The normalized spacial score (nSPS) is 11.9. The van der Waals surface area contributed by atoms with E-state index in [9.17, 15) is 19.7 Å². The Bertz CT molecular complexity index is 738. The van der Waals surface area contributed by atoms with Crippen molar-refractivity contribution < 1.29 is 19.2 Å². The maximum Gasteiger partial charge on any atom is 0.381 e. The van der Waals surface area contributed by atoms with E-state index in [1.807, 2.05) is 0 Å². The third-order valence-electron chi connectivity index (χ3n) is 2.87. The second-order valence-electron chi connectivity index (χ2n) is 4.64. The molecule has 0 radical (unpaired) electrons. The lowest BCUT2D eigenvalue weighted by Gasteiger charge is -2.12. The van der Waals surface area contributed by atoms with Crippen LogP contribution in [-0.4, -0.2) is 37.8 Å². The number of thiazole rings is 1. The molecule has 1 unspecified atom stereocenters. The van der Waals surface area contributed by atoms with E-state index in [-0.39, 0.29) is 19.0 Å². The summed E-state index contributed by atoms with van der Waals surface area (Å²) in [6.07, 6.45) is 2.30. The van der Waals surface area contributed by atoms with Crippen LogP contribution >= 0.6 is 11.3 Å².